The second-order valence-corrected chi connectivity index (χ2v) is 6.44. The van der Waals surface area contributed by atoms with E-state index in [0.29, 0.717) is 29.9 Å². The van der Waals surface area contributed by atoms with Crippen molar-refractivity contribution in [2.45, 2.75) is 19.3 Å². The van der Waals surface area contributed by atoms with Gasteiger partial charge in [-0.1, -0.05) is 18.2 Å². The number of aliphatic hydroxyl groups is 1. The van der Waals surface area contributed by atoms with Crippen LogP contribution in [0.2, 0.25) is 0 Å². The summed E-state index contributed by atoms with van der Waals surface area (Å²) in [6, 6.07) is 12.4. The molecule has 0 spiro atoms. The van der Waals surface area contributed by atoms with Crippen LogP contribution in [0, 0.1) is 22.6 Å². The SMILES string of the molecule is N#Cc1cccnc1N1CCC[C@](CO)(Cc2ccccc2F)C1. The highest BCUT2D eigenvalue weighted by atomic mass is 19.1. The molecule has 3 rings (SSSR count). The Kier molecular flexibility index (Phi) is 4.77. The average molecular weight is 325 g/mol. The Balaban J connectivity index is 1.87. The molecule has 1 aromatic heterocycles. The molecule has 0 unspecified atom stereocenters. The van der Waals surface area contributed by atoms with Crippen LogP contribution in [0.25, 0.3) is 0 Å². The van der Waals surface area contributed by atoms with Gasteiger partial charge in [-0.25, -0.2) is 9.37 Å². The maximum absolute atomic E-state index is 14.0. The summed E-state index contributed by atoms with van der Waals surface area (Å²) in [4.78, 5) is 6.39. The third-order valence-corrected chi connectivity index (χ3v) is 4.73. The summed E-state index contributed by atoms with van der Waals surface area (Å²) in [5.74, 6) is 0.407. The summed E-state index contributed by atoms with van der Waals surface area (Å²) >= 11 is 0. The summed E-state index contributed by atoms with van der Waals surface area (Å²) in [5.41, 5.74) is 0.720. The van der Waals surface area contributed by atoms with Crippen LogP contribution in [0.1, 0.15) is 24.0 Å². The number of hydrogen-bond donors (Lipinski definition) is 1. The van der Waals surface area contributed by atoms with Gasteiger partial charge in [0.05, 0.1) is 12.2 Å². The molecule has 1 saturated heterocycles. The number of aromatic nitrogens is 1. The lowest BCUT2D eigenvalue weighted by molar-refractivity contribution is 0.104. The van der Waals surface area contributed by atoms with Gasteiger partial charge in [0.25, 0.3) is 0 Å². The van der Waals surface area contributed by atoms with Crippen LogP contribution in [-0.4, -0.2) is 29.8 Å². The predicted octanol–water partition coefficient (Wildman–Crippen LogP) is 2.91. The Morgan fingerprint density at radius 2 is 2.12 bits per heavy atom. The molecule has 1 N–H and O–H groups in total. The fraction of sp³-hybridized carbons (Fsp3) is 0.368. The van der Waals surface area contributed by atoms with E-state index >= 15 is 0 Å². The van der Waals surface area contributed by atoms with Crippen molar-refractivity contribution in [1.29, 1.82) is 5.26 Å². The molecule has 1 fully saturated rings. The molecule has 1 aromatic carbocycles. The van der Waals surface area contributed by atoms with Gasteiger partial charge in [0.15, 0.2) is 0 Å². The molecule has 2 aromatic rings. The number of pyridine rings is 1. The number of benzene rings is 1. The summed E-state index contributed by atoms with van der Waals surface area (Å²) < 4.78 is 14.0. The van der Waals surface area contributed by atoms with Gasteiger partial charge in [-0.05, 0) is 43.0 Å². The van der Waals surface area contributed by atoms with Gasteiger partial charge in [0.1, 0.15) is 17.7 Å². The van der Waals surface area contributed by atoms with Gasteiger partial charge in [-0.2, -0.15) is 5.26 Å². The molecule has 0 bridgehead atoms. The molecule has 0 amide bonds. The Morgan fingerprint density at radius 3 is 2.88 bits per heavy atom. The van der Waals surface area contributed by atoms with Crippen LogP contribution >= 0.6 is 0 Å². The van der Waals surface area contributed by atoms with E-state index in [2.05, 4.69) is 11.1 Å². The van der Waals surface area contributed by atoms with E-state index in [4.69, 9.17) is 0 Å². The lowest BCUT2D eigenvalue weighted by Gasteiger charge is -2.42. The van der Waals surface area contributed by atoms with Gasteiger partial charge in [0, 0.05) is 24.7 Å². The lowest BCUT2D eigenvalue weighted by atomic mass is 9.75. The highest BCUT2D eigenvalue weighted by Gasteiger charge is 2.36. The number of halogens is 1. The Morgan fingerprint density at radius 1 is 1.29 bits per heavy atom. The van der Waals surface area contributed by atoms with Crippen molar-refractivity contribution < 1.29 is 9.50 Å². The fourth-order valence-electron chi connectivity index (χ4n) is 3.50. The van der Waals surface area contributed by atoms with E-state index in [1.165, 1.54) is 6.07 Å². The predicted molar refractivity (Wildman–Crippen MR) is 90.0 cm³/mol. The number of aliphatic hydroxyl groups excluding tert-OH is 1. The third kappa shape index (κ3) is 3.24. The fourth-order valence-corrected chi connectivity index (χ4v) is 3.50. The third-order valence-electron chi connectivity index (χ3n) is 4.73. The highest BCUT2D eigenvalue weighted by Crippen LogP contribution is 2.36. The zero-order chi connectivity index (χ0) is 17.0. The zero-order valence-electron chi connectivity index (χ0n) is 13.5. The Bertz CT molecular complexity index is 758. The van der Waals surface area contributed by atoms with E-state index in [0.717, 1.165) is 19.4 Å². The summed E-state index contributed by atoms with van der Waals surface area (Å²) in [6.07, 6.45) is 3.84. The van der Waals surface area contributed by atoms with Crippen molar-refractivity contribution in [2.75, 3.05) is 24.6 Å². The number of rotatable bonds is 4. The zero-order valence-corrected chi connectivity index (χ0v) is 13.5. The maximum Gasteiger partial charge on any atom is 0.146 e. The van der Waals surface area contributed by atoms with E-state index in [9.17, 15) is 14.8 Å². The topological polar surface area (TPSA) is 60.2 Å². The van der Waals surface area contributed by atoms with Crippen molar-refractivity contribution in [1.82, 2.24) is 4.98 Å². The van der Waals surface area contributed by atoms with Crippen molar-refractivity contribution in [3.8, 4) is 6.07 Å². The Labute approximate surface area is 141 Å². The number of hydrogen-bond acceptors (Lipinski definition) is 4. The van der Waals surface area contributed by atoms with Crippen molar-refractivity contribution in [3.63, 3.8) is 0 Å². The highest BCUT2D eigenvalue weighted by molar-refractivity contribution is 5.54. The number of piperidine rings is 1. The number of nitrogens with zero attached hydrogens (tertiary/aromatic N) is 3. The average Bonchev–Trinajstić information content (AvgIpc) is 2.64. The lowest BCUT2D eigenvalue weighted by Crippen LogP contribution is -2.47. The number of anilines is 1. The number of nitriles is 1. The Hall–Kier alpha value is -2.45. The molecule has 24 heavy (non-hydrogen) atoms. The monoisotopic (exact) mass is 325 g/mol. The van der Waals surface area contributed by atoms with E-state index in [1.807, 2.05) is 11.0 Å². The van der Waals surface area contributed by atoms with E-state index in [1.54, 1.807) is 30.5 Å². The van der Waals surface area contributed by atoms with Crippen molar-refractivity contribution in [2.24, 2.45) is 5.41 Å². The van der Waals surface area contributed by atoms with Crippen LogP contribution in [-0.2, 0) is 6.42 Å². The first kappa shape index (κ1) is 16.4. The second-order valence-electron chi connectivity index (χ2n) is 6.44. The van der Waals surface area contributed by atoms with Gasteiger partial charge in [-0.3, -0.25) is 0 Å². The summed E-state index contributed by atoms with van der Waals surface area (Å²) in [6.45, 7) is 1.32. The molecule has 5 heteroatoms. The van der Waals surface area contributed by atoms with Crippen LogP contribution < -0.4 is 4.90 Å². The smallest absolute Gasteiger partial charge is 0.146 e. The standard InChI is InChI=1S/C19H20FN3O/c20-17-7-2-1-5-15(17)11-19(14-24)8-4-10-23(13-19)18-16(12-21)6-3-9-22-18/h1-3,5-7,9,24H,4,8,10-11,13-14H2/t19-/m0/s1. The molecular formula is C19H20FN3O. The van der Waals surface area contributed by atoms with Crippen LogP contribution in [0.5, 0.6) is 0 Å². The summed E-state index contributed by atoms with van der Waals surface area (Å²) in [7, 11) is 0. The van der Waals surface area contributed by atoms with Gasteiger partial charge >= 0.3 is 0 Å². The van der Waals surface area contributed by atoms with E-state index < -0.39 is 5.41 Å². The molecule has 1 aliphatic heterocycles. The second kappa shape index (κ2) is 6.98. The maximum atomic E-state index is 14.0. The minimum atomic E-state index is -0.426. The first-order valence-electron chi connectivity index (χ1n) is 8.12. The van der Waals surface area contributed by atoms with Crippen LogP contribution in [0.4, 0.5) is 10.2 Å². The molecule has 1 aliphatic rings. The quantitative estimate of drug-likeness (QED) is 0.939. The van der Waals surface area contributed by atoms with E-state index in [-0.39, 0.29) is 12.4 Å². The van der Waals surface area contributed by atoms with Crippen molar-refractivity contribution in [3.05, 3.63) is 59.5 Å². The minimum Gasteiger partial charge on any atom is -0.396 e. The first-order chi connectivity index (χ1) is 11.7. The normalized spacial score (nSPS) is 20.6. The van der Waals surface area contributed by atoms with Gasteiger partial charge < -0.3 is 10.0 Å². The molecule has 2 heterocycles. The van der Waals surface area contributed by atoms with Gasteiger partial charge in [0.2, 0.25) is 0 Å². The molecule has 0 aliphatic carbocycles. The molecule has 0 saturated carbocycles. The molecule has 4 nitrogen and oxygen atoms in total. The molecule has 1 atom stereocenters. The van der Waals surface area contributed by atoms with Crippen molar-refractivity contribution >= 4 is 5.82 Å². The van der Waals surface area contributed by atoms with Crippen LogP contribution in [0.3, 0.4) is 0 Å². The summed E-state index contributed by atoms with van der Waals surface area (Å²) in [5, 5.41) is 19.3. The first-order valence-corrected chi connectivity index (χ1v) is 8.12. The minimum absolute atomic E-state index is 0.0213. The largest absolute Gasteiger partial charge is 0.396 e. The molecule has 124 valence electrons. The molecular weight excluding hydrogens is 305 g/mol. The van der Waals surface area contributed by atoms with Gasteiger partial charge in [-0.15, -0.1) is 0 Å². The van der Waals surface area contributed by atoms with Crippen LogP contribution in [0.15, 0.2) is 42.6 Å². The molecule has 0 radical (unpaired) electrons.